The van der Waals surface area contributed by atoms with Gasteiger partial charge in [-0.2, -0.15) is 5.26 Å². The Kier molecular flexibility index (Phi) is 3.39. The van der Waals surface area contributed by atoms with Crippen LogP contribution in [-0.4, -0.2) is 18.9 Å². The zero-order valence-corrected chi connectivity index (χ0v) is 13.8. The van der Waals surface area contributed by atoms with E-state index in [0.29, 0.717) is 19.3 Å². The molecule has 0 aliphatic heterocycles. The summed E-state index contributed by atoms with van der Waals surface area (Å²) < 4.78 is 5.10. The molecule has 120 valence electrons. The zero-order valence-electron chi connectivity index (χ0n) is 13.8. The molecular formula is C18H25NO3. The number of rotatable bonds is 1. The fraction of sp³-hybridized carbons (Fsp3) is 0.833. The summed E-state index contributed by atoms with van der Waals surface area (Å²) in [6.07, 6.45) is 5.29. The lowest BCUT2D eigenvalue weighted by molar-refractivity contribution is -0.163. The Morgan fingerprint density at radius 3 is 2.68 bits per heavy atom. The molecule has 0 radical (unpaired) electrons. The second kappa shape index (κ2) is 4.81. The van der Waals surface area contributed by atoms with E-state index in [0.717, 1.165) is 25.7 Å². The second-order valence-corrected chi connectivity index (χ2v) is 8.10. The van der Waals surface area contributed by atoms with Crippen LogP contribution in [0.15, 0.2) is 0 Å². The van der Waals surface area contributed by atoms with E-state index < -0.39 is 10.8 Å². The Labute approximate surface area is 132 Å². The summed E-state index contributed by atoms with van der Waals surface area (Å²) in [4.78, 5) is 24.5. The summed E-state index contributed by atoms with van der Waals surface area (Å²) >= 11 is 0. The quantitative estimate of drug-likeness (QED) is 0.697. The number of Topliss-reactive ketones (excluding diaryl/α,β-unsaturated/α-hetero) is 1. The van der Waals surface area contributed by atoms with Gasteiger partial charge in [0.1, 0.15) is 5.78 Å². The normalized spacial score (nSPS) is 47.3. The highest BCUT2D eigenvalue weighted by Gasteiger charge is 2.67. The SMILES string of the molecule is COC(=O)[C@]1(C)CCC[C@]2(C)[C@H]1C[C@@]1(C#N)CC(=O)CC[C@@H]12. The Morgan fingerprint density at radius 1 is 1.32 bits per heavy atom. The molecule has 3 saturated carbocycles. The van der Waals surface area contributed by atoms with Crippen LogP contribution in [0.3, 0.4) is 0 Å². The predicted molar refractivity (Wildman–Crippen MR) is 80.6 cm³/mol. The first-order valence-electron chi connectivity index (χ1n) is 8.34. The van der Waals surface area contributed by atoms with Crippen LogP contribution < -0.4 is 0 Å². The minimum absolute atomic E-state index is 0.0301. The van der Waals surface area contributed by atoms with Crippen LogP contribution in [-0.2, 0) is 14.3 Å². The maximum absolute atomic E-state index is 12.5. The minimum atomic E-state index is -0.561. The van der Waals surface area contributed by atoms with Crippen LogP contribution in [0.25, 0.3) is 0 Å². The molecule has 0 N–H and O–H groups in total. The van der Waals surface area contributed by atoms with Crippen LogP contribution in [0, 0.1) is 39.4 Å². The molecule has 0 aromatic heterocycles. The van der Waals surface area contributed by atoms with E-state index in [4.69, 9.17) is 4.74 Å². The third-order valence-electron chi connectivity index (χ3n) is 7.11. The first kappa shape index (κ1) is 15.5. The molecule has 0 aromatic rings. The summed E-state index contributed by atoms with van der Waals surface area (Å²) in [5.41, 5.74) is -1.11. The molecule has 0 spiro atoms. The van der Waals surface area contributed by atoms with Gasteiger partial charge in [0.05, 0.1) is 24.0 Å². The number of hydrogen-bond donors (Lipinski definition) is 0. The van der Waals surface area contributed by atoms with Gasteiger partial charge in [-0.1, -0.05) is 13.3 Å². The Hall–Kier alpha value is -1.37. The van der Waals surface area contributed by atoms with Crippen molar-refractivity contribution in [2.45, 2.75) is 58.8 Å². The van der Waals surface area contributed by atoms with Crippen LogP contribution >= 0.6 is 0 Å². The number of nitriles is 1. The summed E-state index contributed by atoms with van der Waals surface area (Å²) in [6.45, 7) is 4.25. The van der Waals surface area contributed by atoms with Gasteiger partial charge in [0.15, 0.2) is 0 Å². The van der Waals surface area contributed by atoms with E-state index in [-0.39, 0.29) is 29.0 Å². The van der Waals surface area contributed by atoms with Crippen LogP contribution in [0.4, 0.5) is 0 Å². The van der Waals surface area contributed by atoms with Crippen molar-refractivity contribution in [3.05, 3.63) is 0 Å². The molecule has 0 unspecified atom stereocenters. The standard InChI is InChI=1S/C18H25NO3/c1-16-7-4-8-17(2,15(21)22-3)14(16)10-18(11-19)9-12(20)5-6-13(16)18/h13-14H,4-10H2,1-3H3/t13-,14-,16+,17-,18-/m1/s1. The van der Waals surface area contributed by atoms with Crippen LogP contribution in [0.1, 0.15) is 58.8 Å². The molecule has 4 nitrogen and oxygen atoms in total. The molecule has 22 heavy (non-hydrogen) atoms. The van der Waals surface area contributed by atoms with Crippen molar-refractivity contribution in [2.75, 3.05) is 7.11 Å². The molecule has 0 aromatic carbocycles. The van der Waals surface area contributed by atoms with E-state index in [9.17, 15) is 14.9 Å². The van der Waals surface area contributed by atoms with Gasteiger partial charge in [0.2, 0.25) is 0 Å². The monoisotopic (exact) mass is 303 g/mol. The highest BCUT2D eigenvalue weighted by molar-refractivity contribution is 5.81. The Balaban J connectivity index is 2.07. The van der Waals surface area contributed by atoms with Gasteiger partial charge in [0.25, 0.3) is 0 Å². The molecular weight excluding hydrogens is 278 g/mol. The van der Waals surface area contributed by atoms with Gasteiger partial charge >= 0.3 is 5.97 Å². The summed E-state index contributed by atoms with van der Waals surface area (Å²) in [7, 11) is 1.45. The average Bonchev–Trinajstić information content (AvgIpc) is 2.77. The van der Waals surface area contributed by atoms with E-state index in [1.54, 1.807) is 0 Å². The molecule has 4 heteroatoms. The average molecular weight is 303 g/mol. The van der Waals surface area contributed by atoms with Crippen molar-refractivity contribution in [2.24, 2.45) is 28.1 Å². The summed E-state index contributed by atoms with van der Waals surface area (Å²) in [5.74, 6) is 0.426. The first-order chi connectivity index (χ1) is 10.3. The Morgan fingerprint density at radius 2 is 2.05 bits per heavy atom. The van der Waals surface area contributed by atoms with Gasteiger partial charge in [0, 0.05) is 12.8 Å². The highest BCUT2D eigenvalue weighted by atomic mass is 16.5. The molecule has 3 fully saturated rings. The van der Waals surface area contributed by atoms with Crippen molar-refractivity contribution in [1.29, 1.82) is 5.26 Å². The van der Waals surface area contributed by atoms with E-state index in [2.05, 4.69) is 13.0 Å². The van der Waals surface area contributed by atoms with Crippen LogP contribution in [0.5, 0.6) is 0 Å². The largest absolute Gasteiger partial charge is 0.469 e. The number of hydrogen-bond acceptors (Lipinski definition) is 4. The van der Waals surface area contributed by atoms with Crippen molar-refractivity contribution < 1.29 is 14.3 Å². The third kappa shape index (κ3) is 1.81. The molecule has 0 amide bonds. The second-order valence-electron chi connectivity index (χ2n) is 8.10. The lowest BCUT2D eigenvalue weighted by atomic mass is 9.54. The van der Waals surface area contributed by atoms with Crippen molar-refractivity contribution >= 4 is 11.8 Å². The molecule has 3 rings (SSSR count). The van der Waals surface area contributed by atoms with Crippen molar-refractivity contribution in [1.82, 2.24) is 0 Å². The summed E-state index contributed by atoms with van der Waals surface area (Å²) in [5, 5.41) is 9.88. The number of fused-ring (bicyclic) bond motifs is 3. The molecule has 3 aliphatic rings. The zero-order chi connectivity index (χ0) is 16.2. The van der Waals surface area contributed by atoms with E-state index in [1.807, 2.05) is 6.92 Å². The number of methoxy groups -OCH3 is 1. The molecule has 0 heterocycles. The Bertz CT molecular complexity index is 565. The molecule has 3 aliphatic carbocycles. The third-order valence-corrected chi connectivity index (χ3v) is 7.11. The maximum atomic E-state index is 12.5. The lowest BCUT2D eigenvalue weighted by Crippen LogP contribution is -2.48. The van der Waals surface area contributed by atoms with E-state index in [1.165, 1.54) is 7.11 Å². The fourth-order valence-corrected chi connectivity index (χ4v) is 6.11. The number of carbonyl (C=O) groups excluding carboxylic acids is 2. The number of ether oxygens (including phenoxy) is 1. The topological polar surface area (TPSA) is 67.2 Å². The fourth-order valence-electron chi connectivity index (χ4n) is 6.11. The predicted octanol–water partition coefficient (Wildman–Crippen LogP) is 3.25. The van der Waals surface area contributed by atoms with Gasteiger partial charge in [-0.25, -0.2) is 0 Å². The van der Waals surface area contributed by atoms with Gasteiger partial charge in [-0.15, -0.1) is 0 Å². The van der Waals surface area contributed by atoms with Gasteiger partial charge < -0.3 is 4.74 Å². The van der Waals surface area contributed by atoms with Gasteiger partial charge in [-0.05, 0) is 49.9 Å². The van der Waals surface area contributed by atoms with Crippen molar-refractivity contribution in [3.63, 3.8) is 0 Å². The minimum Gasteiger partial charge on any atom is -0.469 e. The van der Waals surface area contributed by atoms with Crippen LogP contribution in [0.2, 0.25) is 0 Å². The number of esters is 1. The molecule has 0 saturated heterocycles. The highest BCUT2D eigenvalue weighted by Crippen LogP contribution is 2.70. The van der Waals surface area contributed by atoms with Crippen molar-refractivity contribution in [3.8, 4) is 6.07 Å². The summed E-state index contributed by atoms with van der Waals surface area (Å²) in [6, 6.07) is 2.51. The van der Waals surface area contributed by atoms with Gasteiger partial charge in [-0.3, -0.25) is 9.59 Å². The number of nitrogens with zero attached hydrogens (tertiary/aromatic N) is 1. The number of ketones is 1. The number of carbonyl (C=O) groups is 2. The maximum Gasteiger partial charge on any atom is 0.311 e. The lowest BCUT2D eigenvalue weighted by Gasteiger charge is -2.50. The molecule has 0 bridgehead atoms. The molecule has 5 atom stereocenters. The smallest absolute Gasteiger partial charge is 0.311 e. The van der Waals surface area contributed by atoms with E-state index >= 15 is 0 Å². The first-order valence-corrected chi connectivity index (χ1v) is 8.34.